The number of nitrogens with one attached hydrogen (secondary N) is 1. The number of nitrogens with zero attached hydrogens (tertiary/aromatic N) is 4. The van der Waals surface area contributed by atoms with Crippen LogP contribution in [0.1, 0.15) is 29.3 Å². The van der Waals surface area contributed by atoms with Crippen LogP contribution in [0, 0.1) is 5.41 Å². The molecule has 0 aliphatic carbocycles. The number of amides is 1. The molecule has 4 rings (SSSR count). The fraction of sp³-hybridized carbons (Fsp3) is 0.389. The summed E-state index contributed by atoms with van der Waals surface area (Å²) in [5, 5.41) is 12.5. The molecule has 7 nitrogen and oxygen atoms in total. The summed E-state index contributed by atoms with van der Waals surface area (Å²) in [6, 6.07) is 5.91. The number of nitrogens with two attached hydrogens (primary N) is 1. The Balaban J connectivity index is 1.77. The van der Waals surface area contributed by atoms with Gasteiger partial charge in [-0.3, -0.25) is 14.9 Å². The topological polar surface area (TPSA) is 91.2 Å². The van der Waals surface area contributed by atoms with Crippen LogP contribution in [-0.4, -0.2) is 39.5 Å². The maximum absolute atomic E-state index is 11.8. The molecule has 3 heterocycles. The first-order chi connectivity index (χ1) is 12.0. The lowest BCUT2D eigenvalue weighted by Gasteiger charge is -2.28. The van der Waals surface area contributed by atoms with Gasteiger partial charge < -0.3 is 15.5 Å². The number of aromatic nitrogens is 2. The van der Waals surface area contributed by atoms with E-state index in [4.69, 9.17) is 16.2 Å². The number of nitrogen functional groups attached to an aromatic ring is 1. The fourth-order valence-corrected chi connectivity index (χ4v) is 3.83. The highest BCUT2D eigenvalue weighted by Gasteiger charge is 2.31. The van der Waals surface area contributed by atoms with Gasteiger partial charge in [0, 0.05) is 56.0 Å². The van der Waals surface area contributed by atoms with Gasteiger partial charge in [0.15, 0.2) is 5.82 Å². The van der Waals surface area contributed by atoms with E-state index in [9.17, 15) is 4.79 Å². The monoisotopic (exact) mass is 338 g/mol. The number of anilines is 2. The van der Waals surface area contributed by atoms with Gasteiger partial charge in [-0.15, -0.1) is 0 Å². The summed E-state index contributed by atoms with van der Waals surface area (Å²) in [5.74, 6) is 1.09. The molecule has 0 atom stereocenters. The van der Waals surface area contributed by atoms with Crippen LogP contribution in [-0.2, 0) is 31.2 Å². The highest BCUT2D eigenvalue weighted by atomic mass is 16.2. The predicted octanol–water partition coefficient (Wildman–Crippen LogP) is 1.30. The summed E-state index contributed by atoms with van der Waals surface area (Å²) in [4.78, 5) is 15.9. The summed E-state index contributed by atoms with van der Waals surface area (Å²) >= 11 is 0. The zero-order valence-electron chi connectivity index (χ0n) is 14.5. The van der Waals surface area contributed by atoms with Crippen molar-refractivity contribution in [3.05, 3.63) is 40.6 Å². The summed E-state index contributed by atoms with van der Waals surface area (Å²) in [5.41, 5.74) is 11.0. The Hall–Kier alpha value is -2.83. The second kappa shape index (κ2) is 5.61. The molecule has 7 heteroatoms. The number of rotatable bonds is 2. The van der Waals surface area contributed by atoms with Crippen molar-refractivity contribution in [3.63, 3.8) is 0 Å². The molecule has 25 heavy (non-hydrogen) atoms. The third-order valence-electron chi connectivity index (χ3n) is 5.21. The first-order valence-corrected chi connectivity index (χ1v) is 8.51. The third kappa shape index (κ3) is 2.47. The second-order valence-electron chi connectivity index (χ2n) is 6.72. The average molecular weight is 338 g/mol. The molecule has 2 aromatic rings. The van der Waals surface area contributed by atoms with E-state index in [0.29, 0.717) is 6.54 Å². The first kappa shape index (κ1) is 15.7. The molecule has 1 aromatic heterocycles. The number of aryl methyl sites for hydroxylation is 1. The average Bonchev–Trinajstić information content (AvgIpc) is 3.15. The second-order valence-corrected chi connectivity index (χ2v) is 6.72. The number of carbonyl (C=O) groups excluding carboxylic acids is 1. The van der Waals surface area contributed by atoms with Crippen LogP contribution in [0.15, 0.2) is 18.2 Å². The standard InChI is InChI=1S/C18H22N6O/c1-11(25)23-7-6-15-14(10-23)18(21-22(15)2)24-8-5-12-3-4-13(17(19)20)9-16(12)24/h3-4,9H,5-8,10H2,1-2H3,(H3,19,20). The van der Waals surface area contributed by atoms with E-state index < -0.39 is 0 Å². The van der Waals surface area contributed by atoms with Crippen molar-refractivity contribution in [1.82, 2.24) is 14.7 Å². The van der Waals surface area contributed by atoms with Crippen LogP contribution < -0.4 is 10.6 Å². The van der Waals surface area contributed by atoms with Gasteiger partial charge >= 0.3 is 0 Å². The quantitative estimate of drug-likeness (QED) is 0.638. The minimum Gasteiger partial charge on any atom is -0.384 e. The number of fused-ring (bicyclic) bond motifs is 2. The molecule has 0 saturated heterocycles. The molecule has 2 aliphatic rings. The molecular formula is C18H22N6O. The van der Waals surface area contributed by atoms with Crippen LogP contribution in [0.5, 0.6) is 0 Å². The largest absolute Gasteiger partial charge is 0.384 e. The van der Waals surface area contributed by atoms with Crippen LogP contribution in [0.2, 0.25) is 0 Å². The molecule has 130 valence electrons. The lowest BCUT2D eigenvalue weighted by molar-refractivity contribution is -0.129. The number of carbonyl (C=O) groups is 1. The smallest absolute Gasteiger partial charge is 0.219 e. The van der Waals surface area contributed by atoms with Crippen molar-refractivity contribution in [2.45, 2.75) is 26.3 Å². The Morgan fingerprint density at radius 2 is 2.08 bits per heavy atom. The minimum atomic E-state index is 0.0699. The van der Waals surface area contributed by atoms with Crippen molar-refractivity contribution in [2.75, 3.05) is 18.0 Å². The molecule has 0 unspecified atom stereocenters. The molecule has 0 bridgehead atoms. The zero-order valence-corrected chi connectivity index (χ0v) is 14.5. The first-order valence-electron chi connectivity index (χ1n) is 8.51. The van der Waals surface area contributed by atoms with Crippen LogP contribution in [0.4, 0.5) is 11.5 Å². The van der Waals surface area contributed by atoms with E-state index in [0.717, 1.165) is 48.6 Å². The van der Waals surface area contributed by atoms with E-state index in [1.54, 1.807) is 6.92 Å². The Bertz CT molecular complexity index is 884. The van der Waals surface area contributed by atoms with E-state index >= 15 is 0 Å². The number of amidine groups is 1. The van der Waals surface area contributed by atoms with Gasteiger partial charge in [0.1, 0.15) is 5.84 Å². The Kier molecular flexibility index (Phi) is 3.52. The van der Waals surface area contributed by atoms with E-state index in [2.05, 4.69) is 4.90 Å². The van der Waals surface area contributed by atoms with Crippen LogP contribution in [0.25, 0.3) is 0 Å². The van der Waals surface area contributed by atoms with Gasteiger partial charge in [-0.1, -0.05) is 12.1 Å². The van der Waals surface area contributed by atoms with Crippen molar-refractivity contribution in [3.8, 4) is 0 Å². The highest BCUT2D eigenvalue weighted by Crippen LogP contribution is 2.38. The lowest BCUT2D eigenvalue weighted by atomic mass is 10.1. The molecule has 0 fully saturated rings. The van der Waals surface area contributed by atoms with Gasteiger partial charge in [0.25, 0.3) is 0 Å². The van der Waals surface area contributed by atoms with E-state index in [1.165, 1.54) is 11.3 Å². The molecule has 0 saturated carbocycles. The van der Waals surface area contributed by atoms with Crippen LogP contribution >= 0.6 is 0 Å². The summed E-state index contributed by atoms with van der Waals surface area (Å²) in [6.45, 7) is 3.81. The summed E-state index contributed by atoms with van der Waals surface area (Å²) in [6.07, 6.45) is 1.77. The minimum absolute atomic E-state index is 0.0699. The fourth-order valence-electron chi connectivity index (χ4n) is 3.83. The zero-order chi connectivity index (χ0) is 17.7. The van der Waals surface area contributed by atoms with E-state index in [-0.39, 0.29) is 11.7 Å². The molecule has 0 radical (unpaired) electrons. The Morgan fingerprint density at radius 3 is 2.80 bits per heavy atom. The van der Waals surface area contributed by atoms with Crippen molar-refractivity contribution >= 4 is 23.2 Å². The lowest BCUT2D eigenvalue weighted by Crippen LogP contribution is -2.35. The maximum atomic E-state index is 11.8. The predicted molar refractivity (Wildman–Crippen MR) is 96.2 cm³/mol. The molecule has 0 spiro atoms. The third-order valence-corrected chi connectivity index (χ3v) is 5.21. The highest BCUT2D eigenvalue weighted by molar-refractivity contribution is 5.96. The Labute approximate surface area is 146 Å². The Morgan fingerprint density at radius 1 is 1.28 bits per heavy atom. The van der Waals surface area contributed by atoms with Crippen molar-refractivity contribution < 1.29 is 4.79 Å². The molecular weight excluding hydrogens is 316 g/mol. The summed E-state index contributed by atoms with van der Waals surface area (Å²) < 4.78 is 1.94. The van der Waals surface area contributed by atoms with Gasteiger partial charge in [-0.25, -0.2) is 0 Å². The number of benzene rings is 1. The van der Waals surface area contributed by atoms with Gasteiger partial charge in [0.2, 0.25) is 5.91 Å². The van der Waals surface area contributed by atoms with Gasteiger partial charge in [0.05, 0.1) is 6.54 Å². The van der Waals surface area contributed by atoms with Gasteiger partial charge in [-0.05, 0) is 18.1 Å². The molecule has 2 aliphatic heterocycles. The van der Waals surface area contributed by atoms with Crippen molar-refractivity contribution in [1.29, 1.82) is 5.41 Å². The number of hydrogen-bond donors (Lipinski definition) is 2. The molecule has 3 N–H and O–H groups in total. The summed E-state index contributed by atoms with van der Waals surface area (Å²) in [7, 11) is 1.97. The maximum Gasteiger partial charge on any atom is 0.219 e. The molecule has 1 amide bonds. The SMILES string of the molecule is CC(=O)N1CCc2c(c(N3CCc4ccc(C(=N)N)cc43)nn2C)C1. The van der Waals surface area contributed by atoms with Crippen LogP contribution in [0.3, 0.4) is 0 Å². The number of hydrogen-bond acceptors (Lipinski definition) is 4. The van der Waals surface area contributed by atoms with Gasteiger partial charge in [-0.2, -0.15) is 5.10 Å². The van der Waals surface area contributed by atoms with Crippen molar-refractivity contribution in [2.24, 2.45) is 12.8 Å². The molecule has 1 aromatic carbocycles. The van der Waals surface area contributed by atoms with E-state index in [1.807, 2.05) is 34.8 Å². The normalized spacial score (nSPS) is 15.9.